The molecule has 4 rings (SSSR count). The molecule has 1 aromatic heterocycles. The van der Waals surface area contributed by atoms with Crippen LogP contribution in [0.3, 0.4) is 0 Å². The van der Waals surface area contributed by atoms with Gasteiger partial charge in [-0.25, -0.2) is 0 Å². The summed E-state index contributed by atoms with van der Waals surface area (Å²) in [7, 11) is 0. The summed E-state index contributed by atoms with van der Waals surface area (Å²) in [6.45, 7) is 4.51. The van der Waals surface area contributed by atoms with Crippen LogP contribution in [-0.2, 0) is 11.2 Å². The average Bonchev–Trinajstić information content (AvgIpc) is 3.12. The Kier molecular flexibility index (Phi) is 5.57. The van der Waals surface area contributed by atoms with Crippen molar-refractivity contribution < 1.29 is 9.47 Å². The van der Waals surface area contributed by atoms with Crippen LogP contribution in [0, 0.1) is 11.3 Å². The number of halogens is 1. The fraction of sp³-hybridized carbons (Fsp3) is 0.217. The van der Waals surface area contributed by atoms with Gasteiger partial charge in [-0.3, -0.25) is 0 Å². The second-order valence-electron chi connectivity index (χ2n) is 6.55. The summed E-state index contributed by atoms with van der Waals surface area (Å²) in [5.74, 6) is 0.773. The topological polar surface area (TPSA) is 54.6 Å². The van der Waals surface area contributed by atoms with Crippen molar-refractivity contribution in [2.24, 2.45) is 4.99 Å². The van der Waals surface area contributed by atoms with Gasteiger partial charge in [0.2, 0.25) is 5.88 Å². The Morgan fingerprint density at radius 1 is 1.24 bits per heavy atom. The van der Waals surface area contributed by atoms with Gasteiger partial charge >= 0.3 is 0 Å². The van der Waals surface area contributed by atoms with Gasteiger partial charge in [0, 0.05) is 15.1 Å². The van der Waals surface area contributed by atoms with Crippen LogP contribution in [0.5, 0.6) is 5.75 Å². The van der Waals surface area contributed by atoms with E-state index in [1.807, 2.05) is 37.3 Å². The van der Waals surface area contributed by atoms with Crippen LogP contribution in [0.1, 0.15) is 35.8 Å². The van der Waals surface area contributed by atoms with Crippen LogP contribution in [0.15, 0.2) is 58.9 Å². The monoisotopic (exact) mass is 422 g/mol. The first-order valence-corrected chi connectivity index (χ1v) is 10.6. The molecule has 0 N–H and O–H groups in total. The molecule has 0 saturated heterocycles. The zero-order valence-electron chi connectivity index (χ0n) is 16.1. The van der Waals surface area contributed by atoms with Crippen LogP contribution < -0.4 is 4.74 Å². The van der Waals surface area contributed by atoms with Crippen molar-refractivity contribution in [3.05, 3.63) is 74.9 Å². The first-order valence-electron chi connectivity index (χ1n) is 9.43. The number of nitriles is 1. The van der Waals surface area contributed by atoms with E-state index in [4.69, 9.17) is 21.1 Å². The number of rotatable bonds is 5. The lowest BCUT2D eigenvalue weighted by Gasteiger charge is -2.23. The molecule has 0 bridgehead atoms. The number of aliphatic imine (C=N–C) groups is 1. The van der Waals surface area contributed by atoms with Crippen LogP contribution in [-0.4, -0.2) is 13.0 Å². The van der Waals surface area contributed by atoms with E-state index in [9.17, 15) is 5.26 Å². The summed E-state index contributed by atoms with van der Waals surface area (Å²) in [4.78, 5) is 5.32. The lowest BCUT2D eigenvalue weighted by Crippen LogP contribution is -2.14. The Morgan fingerprint density at radius 3 is 2.72 bits per heavy atom. The number of ether oxygens (including phenoxy) is 2. The largest absolute Gasteiger partial charge is 0.483 e. The summed E-state index contributed by atoms with van der Waals surface area (Å²) in [5.41, 5.74) is 2.70. The molecule has 0 amide bonds. The molecule has 3 aromatic rings. The van der Waals surface area contributed by atoms with E-state index in [2.05, 4.69) is 30.1 Å². The molecule has 146 valence electrons. The number of allylic oxidation sites excluding steroid dienone is 1. The van der Waals surface area contributed by atoms with E-state index in [1.165, 1.54) is 16.7 Å². The molecule has 0 radical (unpaired) electrons. The number of nitrogens with zero attached hydrogens (tertiary/aromatic N) is 2. The molecule has 29 heavy (non-hydrogen) atoms. The fourth-order valence-corrected chi connectivity index (χ4v) is 5.07. The molecule has 1 atom stereocenters. The quantitative estimate of drug-likeness (QED) is 0.351. The molecule has 0 aliphatic carbocycles. The van der Waals surface area contributed by atoms with Crippen molar-refractivity contribution in [2.45, 2.75) is 26.2 Å². The van der Waals surface area contributed by atoms with Gasteiger partial charge in [0.1, 0.15) is 11.6 Å². The molecule has 4 nitrogen and oxygen atoms in total. The zero-order chi connectivity index (χ0) is 20.4. The molecule has 0 spiro atoms. The number of thiophene rings is 1. The van der Waals surface area contributed by atoms with Crippen molar-refractivity contribution in [1.82, 2.24) is 0 Å². The molecule has 1 aliphatic rings. The minimum atomic E-state index is -0.267. The van der Waals surface area contributed by atoms with Crippen LogP contribution in [0.25, 0.3) is 10.1 Å². The summed E-state index contributed by atoms with van der Waals surface area (Å²) in [6.07, 6.45) is 2.26. The number of hydrogen-bond donors (Lipinski definition) is 0. The second kappa shape index (κ2) is 8.28. The Hall–Kier alpha value is -2.81. The van der Waals surface area contributed by atoms with E-state index in [0.717, 1.165) is 28.0 Å². The van der Waals surface area contributed by atoms with Crippen LogP contribution >= 0.6 is 22.9 Å². The van der Waals surface area contributed by atoms with Gasteiger partial charge in [-0.05, 0) is 42.7 Å². The molecular weight excluding hydrogens is 404 g/mol. The van der Waals surface area contributed by atoms with Gasteiger partial charge in [-0.1, -0.05) is 42.8 Å². The van der Waals surface area contributed by atoms with Crippen molar-refractivity contribution >= 4 is 39.4 Å². The van der Waals surface area contributed by atoms with Gasteiger partial charge in [0.15, 0.2) is 12.2 Å². The number of aryl methyl sites for hydroxylation is 1. The lowest BCUT2D eigenvalue weighted by molar-refractivity contribution is 0.336. The number of benzene rings is 2. The standard InChI is InChI=1S/C23H19ClN2O2S/c1-3-14-6-5-7-17-20-22(29-21(14)17)19(15-8-10-16(24)11-9-15)18(12-25)23(28-20)26-13-27-4-2/h5-11,13,19H,3-4H2,1-2H3/b26-13+. The first kappa shape index (κ1) is 19.5. The molecule has 1 unspecified atom stereocenters. The fourth-order valence-electron chi connectivity index (χ4n) is 3.49. The number of fused-ring (bicyclic) bond motifs is 3. The Bertz CT molecular complexity index is 1160. The summed E-state index contributed by atoms with van der Waals surface area (Å²) in [6, 6.07) is 16.1. The second-order valence-corrected chi connectivity index (χ2v) is 8.04. The van der Waals surface area contributed by atoms with Crippen molar-refractivity contribution in [2.75, 3.05) is 6.61 Å². The first-order chi connectivity index (χ1) is 14.2. The van der Waals surface area contributed by atoms with Gasteiger partial charge in [-0.15, -0.1) is 11.3 Å². The zero-order valence-corrected chi connectivity index (χ0v) is 17.7. The van der Waals surface area contributed by atoms with E-state index >= 15 is 0 Å². The average molecular weight is 423 g/mol. The lowest BCUT2D eigenvalue weighted by atomic mass is 9.88. The predicted molar refractivity (Wildman–Crippen MR) is 118 cm³/mol. The molecular formula is C23H19ClN2O2S. The van der Waals surface area contributed by atoms with Gasteiger partial charge < -0.3 is 9.47 Å². The van der Waals surface area contributed by atoms with Crippen molar-refractivity contribution in [3.8, 4) is 11.8 Å². The number of hydrogen-bond acceptors (Lipinski definition) is 5. The van der Waals surface area contributed by atoms with Gasteiger partial charge in [-0.2, -0.15) is 10.3 Å². The third-order valence-corrected chi connectivity index (χ3v) is 6.45. The highest BCUT2D eigenvalue weighted by Crippen LogP contribution is 2.51. The highest BCUT2D eigenvalue weighted by Gasteiger charge is 2.35. The maximum atomic E-state index is 9.98. The normalized spacial score (nSPS) is 16.0. The third kappa shape index (κ3) is 3.50. The van der Waals surface area contributed by atoms with Crippen molar-refractivity contribution in [3.63, 3.8) is 0 Å². The van der Waals surface area contributed by atoms with E-state index < -0.39 is 0 Å². The molecule has 6 heteroatoms. The minimum Gasteiger partial charge on any atom is -0.483 e. The molecule has 1 aliphatic heterocycles. The van der Waals surface area contributed by atoms with Crippen LogP contribution in [0.4, 0.5) is 0 Å². The Labute approximate surface area is 178 Å². The van der Waals surface area contributed by atoms with E-state index in [0.29, 0.717) is 17.2 Å². The van der Waals surface area contributed by atoms with Crippen LogP contribution in [0.2, 0.25) is 5.02 Å². The van der Waals surface area contributed by atoms with Crippen molar-refractivity contribution in [1.29, 1.82) is 5.26 Å². The van der Waals surface area contributed by atoms with Gasteiger partial charge in [0.25, 0.3) is 0 Å². The highest BCUT2D eigenvalue weighted by molar-refractivity contribution is 7.19. The summed E-state index contributed by atoms with van der Waals surface area (Å²) in [5, 5.41) is 11.7. The van der Waals surface area contributed by atoms with Gasteiger partial charge in [0.05, 0.1) is 17.4 Å². The molecule has 2 aromatic carbocycles. The van der Waals surface area contributed by atoms with E-state index in [-0.39, 0.29) is 11.8 Å². The highest BCUT2D eigenvalue weighted by atomic mass is 35.5. The SMILES string of the molecule is CCO/C=N/C1=C(C#N)C(c2ccc(Cl)cc2)c2sc3c(CC)cccc3c2O1. The molecule has 0 fully saturated rings. The molecule has 0 saturated carbocycles. The summed E-state index contributed by atoms with van der Waals surface area (Å²) >= 11 is 7.78. The molecule has 2 heterocycles. The Balaban J connectivity index is 1.96. The smallest absolute Gasteiger partial charge is 0.236 e. The predicted octanol–water partition coefficient (Wildman–Crippen LogP) is 6.44. The maximum Gasteiger partial charge on any atom is 0.236 e. The van der Waals surface area contributed by atoms with E-state index in [1.54, 1.807) is 11.3 Å². The summed E-state index contributed by atoms with van der Waals surface area (Å²) < 4.78 is 12.6. The third-order valence-electron chi connectivity index (χ3n) is 4.87. The Morgan fingerprint density at radius 2 is 2.03 bits per heavy atom. The maximum absolute atomic E-state index is 9.98. The minimum absolute atomic E-state index is 0.267.